The number of methoxy groups -OCH3 is 2. The Balaban J connectivity index is 3.34. The molecule has 0 heterocycles. The minimum atomic E-state index is 0.0680. The molecule has 0 aliphatic rings. The number of hydrogen-bond donors (Lipinski definition) is 1. The molecular weight excluding hydrogens is 226 g/mol. The van der Waals surface area contributed by atoms with Gasteiger partial charge in [0.1, 0.15) is 0 Å². The zero-order valence-corrected chi connectivity index (χ0v) is 10.9. The van der Waals surface area contributed by atoms with E-state index >= 15 is 0 Å². The van der Waals surface area contributed by atoms with Crippen LogP contribution in [0.4, 0.5) is 0 Å². The standard InChI is InChI=1S/C12H18ClNO2/c1-7-5-10(13)12(16-4)11(15-3)9(7)6-8(2)14/h5,8H,6,14H2,1-4H3. The molecule has 4 heteroatoms. The van der Waals surface area contributed by atoms with Crippen molar-refractivity contribution in [2.75, 3.05) is 14.2 Å². The van der Waals surface area contributed by atoms with Gasteiger partial charge in [-0.1, -0.05) is 11.6 Å². The minimum Gasteiger partial charge on any atom is -0.493 e. The lowest BCUT2D eigenvalue weighted by molar-refractivity contribution is 0.351. The van der Waals surface area contributed by atoms with Crippen LogP contribution in [0.2, 0.25) is 5.02 Å². The maximum Gasteiger partial charge on any atom is 0.179 e. The SMILES string of the molecule is COc1c(Cl)cc(C)c(CC(C)N)c1OC. The smallest absolute Gasteiger partial charge is 0.179 e. The van der Waals surface area contributed by atoms with Crippen LogP contribution in [0, 0.1) is 6.92 Å². The second kappa shape index (κ2) is 5.41. The molecular formula is C12H18ClNO2. The van der Waals surface area contributed by atoms with Crippen molar-refractivity contribution in [3.63, 3.8) is 0 Å². The summed E-state index contributed by atoms with van der Waals surface area (Å²) in [6.07, 6.45) is 0.739. The predicted molar refractivity (Wildman–Crippen MR) is 66.6 cm³/mol. The minimum absolute atomic E-state index is 0.0680. The van der Waals surface area contributed by atoms with Crippen molar-refractivity contribution in [2.24, 2.45) is 5.73 Å². The zero-order valence-electron chi connectivity index (χ0n) is 10.1. The number of rotatable bonds is 4. The number of aryl methyl sites for hydroxylation is 1. The number of ether oxygens (including phenoxy) is 2. The Morgan fingerprint density at radius 2 is 1.88 bits per heavy atom. The molecule has 0 aliphatic heterocycles. The average molecular weight is 244 g/mol. The summed E-state index contributed by atoms with van der Waals surface area (Å²) < 4.78 is 10.6. The molecule has 0 aliphatic carbocycles. The summed E-state index contributed by atoms with van der Waals surface area (Å²) in [7, 11) is 3.19. The predicted octanol–water partition coefficient (Wildman–Crippen LogP) is 2.56. The van der Waals surface area contributed by atoms with E-state index in [1.165, 1.54) is 0 Å². The van der Waals surface area contributed by atoms with Crippen molar-refractivity contribution >= 4 is 11.6 Å². The Morgan fingerprint density at radius 1 is 1.31 bits per heavy atom. The third-order valence-electron chi connectivity index (χ3n) is 2.45. The first kappa shape index (κ1) is 13.1. The van der Waals surface area contributed by atoms with Gasteiger partial charge < -0.3 is 15.2 Å². The van der Waals surface area contributed by atoms with Gasteiger partial charge >= 0.3 is 0 Å². The molecule has 0 saturated carbocycles. The third kappa shape index (κ3) is 2.60. The monoisotopic (exact) mass is 243 g/mol. The number of hydrogen-bond acceptors (Lipinski definition) is 3. The first-order valence-corrected chi connectivity index (χ1v) is 5.54. The highest BCUT2D eigenvalue weighted by atomic mass is 35.5. The van der Waals surface area contributed by atoms with Crippen molar-refractivity contribution in [3.8, 4) is 11.5 Å². The molecule has 1 unspecified atom stereocenters. The molecule has 0 spiro atoms. The first-order chi connectivity index (χ1) is 7.51. The molecule has 2 N–H and O–H groups in total. The van der Waals surface area contributed by atoms with Gasteiger partial charge in [-0.3, -0.25) is 0 Å². The summed E-state index contributed by atoms with van der Waals surface area (Å²) in [5, 5.41) is 0.560. The molecule has 1 rings (SSSR count). The first-order valence-electron chi connectivity index (χ1n) is 5.16. The van der Waals surface area contributed by atoms with Crippen LogP contribution in [0.3, 0.4) is 0 Å². The van der Waals surface area contributed by atoms with Gasteiger partial charge in [0.05, 0.1) is 19.2 Å². The summed E-state index contributed by atoms with van der Waals surface area (Å²) in [5.41, 5.74) is 7.94. The normalized spacial score (nSPS) is 12.4. The van der Waals surface area contributed by atoms with E-state index in [4.69, 9.17) is 26.8 Å². The van der Waals surface area contributed by atoms with Crippen LogP contribution < -0.4 is 15.2 Å². The second-order valence-electron chi connectivity index (χ2n) is 3.90. The quantitative estimate of drug-likeness (QED) is 0.884. The van der Waals surface area contributed by atoms with E-state index in [1.54, 1.807) is 14.2 Å². The van der Waals surface area contributed by atoms with Gasteiger partial charge in [0.2, 0.25) is 0 Å². The highest BCUT2D eigenvalue weighted by Gasteiger charge is 2.17. The van der Waals surface area contributed by atoms with E-state index in [-0.39, 0.29) is 6.04 Å². The molecule has 16 heavy (non-hydrogen) atoms. The zero-order chi connectivity index (χ0) is 12.3. The molecule has 90 valence electrons. The van der Waals surface area contributed by atoms with Crippen LogP contribution in [0.1, 0.15) is 18.1 Å². The summed E-state index contributed by atoms with van der Waals surface area (Å²) >= 11 is 6.09. The van der Waals surface area contributed by atoms with Crippen LogP contribution in [0.5, 0.6) is 11.5 Å². The van der Waals surface area contributed by atoms with Crippen LogP contribution >= 0.6 is 11.6 Å². The van der Waals surface area contributed by atoms with Crippen LogP contribution in [-0.4, -0.2) is 20.3 Å². The van der Waals surface area contributed by atoms with Crippen LogP contribution in [-0.2, 0) is 6.42 Å². The van der Waals surface area contributed by atoms with Gasteiger partial charge in [-0.25, -0.2) is 0 Å². The number of benzene rings is 1. The van der Waals surface area contributed by atoms with Gasteiger partial charge in [-0.15, -0.1) is 0 Å². The Kier molecular flexibility index (Phi) is 4.44. The topological polar surface area (TPSA) is 44.5 Å². The van der Waals surface area contributed by atoms with Gasteiger partial charge in [-0.2, -0.15) is 0 Å². The molecule has 0 aromatic heterocycles. The Morgan fingerprint density at radius 3 is 2.31 bits per heavy atom. The number of nitrogens with two attached hydrogens (primary N) is 1. The third-order valence-corrected chi connectivity index (χ3v) is 2.73. The van der Waals surface area contributed by atoms with Crippen molar-refractivity contribution in [1.29, 1.82) is 0 Å². The lowest BCUT2D eigenvalue weighted by Gasteiger charge is -2.17. The lowest BCUT2D eigenvalue weighted by Crippen LogP contribution is -2.19. The van der Waals surface area contributed by atoms with E-state index in [9.17, 15) is 0 Å². The largest absolute Gasteiger partial charge is 0.493 e. The Bertz CT molecular complexity index is 378. The molecule has 0 amide bonds. The number of halogens is 1. The van der Waals surface area contributed by atoms with Gasteiger partial charge in [0.25, 0.3) is 0 Å². The van der Waals surface area contributed by atoms with Crippen LogP contribution in [0.15, 0.2) is 6.07 Å². The highest BCUT2D eigenvalue weighted by molar-refractivity contribution is 6.32. The fourth-order valence-electron chi connectivity index (χ4n) is 1.75. The Labute approximate surface area is 101 Å². The summed E-state index contributed by atoms with van der Waals surface area (Å²) in [6, 6.07) is 1.94. The van der Waals surface area contributed by atoms with E-state index in [1.807, 2.05) is 19.9 Å². The lowest BCUT2D eigenvalue weighted by atomic mass is 10.0. The fourth-order valence-corrected chi connectivity index (χ4v) is 2.08. The molecule has 0 saturated heterocycles. The fraction of sp³-hybridized carbons (Fsp3) is 0.500. The van der Waals surface area contributed by atoms with Crippen molar-refractivity contribution in [2.45, 2.75) is 26.3 Å². The molecule has 1 aromatic rings. The molecule has 0 radical (unpaired) electrons. The summed E-state index contributed by atoms with van der Waals surface area (Å²) in [4.78, 5) is 0. The van der Waals surface area contributed by atoms with E-state index < -0.39 is 0 Å². The molecule has 1 aromatic carbocycles. The summed E-state index contributed by atoms with van der Waals surface area (Å²) in [6.45, 7) is 3.95. The second-order valence-corrected chi connectivity index (χ2v) is 4.31. The highest BCUT2D eigenvalue weighted by Crippen LogP contribution is 2.40. The van der Waals surface area contributed by atoms with E-state index in [0.717, 1.165) is 17.5 Å². The van der Waals surface area contributed by atoms with Crippen molar-refractivity contribution in [3.05, 3.63) is 22.2 Å². The van der Waals surface area contributed by atoms with Crippen molar-refractivity contribution < 1.29 is 9.47 Å². The van der Waals surface area contributed by atoms with Gasteiger partial charge in [-0.05, 0) is 31.9 Å². The van der Waals surface area contributed by atoms with E-state index in [2.05, 4.69) is 0 Å². The molecule has 1 atom stereocenters. The molecule has 0 bridgehead atoms. The average Bonchev–Trinajstić information content (AvgIpc) is 2.20. The summed E-state index contributed by atoms with van der Waals surface area (Å²) in [5.74, 6) is 1.26. The van der Waals surface area contributed by atoms with Gasteiger partial charge in [0.15, 0.2) is 11.5 Å². The molecule has 0 fully saturated rings. The van der Waals surface area contributed by atoms with E-state index in [0.29, 0.717) is 16.5 Å². The maximum atomic E-state index is 6.09. The Hall–Kier alpha value is -0.930. The van der Waals surface area contributed by atoms with Gasteiger partial charge in [0, 0.05) is 11.6 Å². The van der Waals surface area contributed by atoms with Crippen LogP contribution in [0.25, 0.3) is 0 Å². The molecule has 3 nitrogen and oxygen atoms in total. The van der Waals surface area contributed by atoms with Crippen molar-refractivity contribution in [1.82, 2.24) is 0 Å². The maximum absolute atomic E-state index is 6.09.